The minimum absolute atomic E-state index is 0.0332. The van der Waals surface area contributed by atoms with Gasteiger partial charge in [-0.05, 0) is 18.4 Å². The Hall–Kier alpha value is -2.14. The number of rotatable bonds is 5. The fourth-order valence-corrected chi connectivity index (χ4v) is 1.94. The number of methoxy groups -OCH3 is 1. The maximum absolute atomic E-state index is 11.1. The number of benzene rings is 1. The molecule has 0 spiro atoms. The SMILES string of the molecule is COCC(C)Nc1nc(C(=O)O)cc2ccccc12. The standard InChI is InChI=1S/C14H16N2O3/c1-9(8-19-2)15-13-11-6-4-3-5-10(11)7-12(16-13)14(17)18/h3-7,9H,8H2,1-2H3,(H,15,16)(H,17,18). The molecule has 0 bridgehead atoms. The summed E-state index contributed by atoms with van der Waals surface area (Å²) in [5, 5.41) is 14.0. The molecule has 1 atom stereocenters. The van der Waals surface area contributed by atoms with Gasteiger partial charge in [0, 0.05) is 18.5 Å². The van der Waals surface area contributed by atoms with Crippen molar-refractivity contribution in [3.63, 3.8) is 0 Å². The normalized spacial score (nSPS) is 12.3. The average molecular weight is 260 g/mol. The summed E-state index contributed by atoms with van der Waals surface area (Å²) in [4.78, 5) is 15.2. The van der Waals surface area contributed by atoms with Crippen molar-refractivity contribution in [2.75, 3.05) is 19.0 Å². The minimum Gasteiger partial charge on any atom is -0.477 e. The van der Waals surface area contributed by atoms with Crippen molar-refractivity contribution in [3.05, 3.63) is 36.0 Å². The Balaban J connectivity index is 2.47. The van der Waals surface area contributed by atoms with Crippen molar-refractivity contribution in [2.24, 2.45) is 0 Å². The van der Waals surface area contributed by atoms with E-state index >= 15 is 0 Å². The number of hydrogen-bond acceptors (Lipinski definition) is 4. The van der Waals surface area contributed by atoms with E-state index in [1.165, 1.54) is 0 Å². The van der Waals surface area contributed by atoms with Crippen molar-refractivity contribution in [1.82, 2.24) is 4.98 Å². The lowest BCUT2D eigenvalue weighted by atomic mass is 10.1. The Morgan fingerprint density at radius 1 is 1.47 bits per heavy atom. The molecule has 0 fully saturated rings. The van der Waals surface area contributed by atoms with Gasteiger partial charge in [-0.15, -0.1) is 0 Å². The lowest BCUT2D eigenvalue weighted by molar-refractivity contribution is 0.0691. The summed E-state index contributed by atoms with van der Waals surface area (Å²) in [5.74, 6) is -0.465. The Kier molecular flexibility index (Phi) is 3.97. The van der Waals surface area contributed by atoms with Gasteiger partial charge in [0.25, 0.3) is 0 Å². The summed E-state index contributed by atoms with van der Waals surface area (Å²) in [7, 11) is 1.62. The van der Waals surface area contributed by atoms with E-state index in [9.17, 15) is 4.79 Å². The fourth-order valence-electron chi connectivity index (χ4n) is 1.94. The molecular formula is C14H16N2O3. The number of nitrogens with zero attached hydrogens (tertiary/aromatic N) is 1. The van der Waals surface area contributed by atoms with Gasteiger partial charge < -0.3 is 15.2 Å². The summed E-state index contributed by atoms with van der Waals surface area (Å²) in [6.07, 6.45) is 0. The molecule has 1 aromatic carbocycles. The van der Waals surface area contributed by atoms with Crippen LogP contribution in [0.25, 0.3) is 10.8 Å². The molecule has 0 saturated heterocycles. The highest BCUT2D eigenvalue weighted by Gasteiger charge is 2.12. The van der Waals surface area contributed by atoms with E-state index in [-0.39, 0.29) is 11.7 Å². The number of carbonyl (C=O) groups is 1. The van der Waals surface area contributed by atoms with Crippen LogP contribution in [0, 0.1) is 0 Å². The van der Waals surface area contributed by atoms with Gasteiger partial charge in [-0.2, -0.15) is 0 Å². The molecule has 0 amide bonds. The van der Waals surface area contributed by atoms with E-state index in [2.05, 4.69) is 10.3 Å². The highest BCUT2D eigenvalue weighted by atomic mass is 16.5. The Bertz CT molecular complexity index is 598. The second-order valence-electron chi connectivity index (χ2n) is 4.38. The minimum atomic E-state index is -1.03. The molecule has 0 aliphatic carbocycles. The quantitative estimate of drug-likeness (QED) is 0.863. The molecule has 1 unspecified atom stereocenters. The van der Waals surface area contributed by atoms with Crippen molar-refractivity contribution in [3.8, 4) is 0 Å². The Morgan fingerprint density at radius 3 is 2.89 bits per heavy atom. The largest absolute Gasteiger partial charge is 0.477 e. The molecule has 1 heterocycles. The van der Waals surface area contributed by atoms with Crippen LogP contribution in [0.2, 0.25) is 0 Å². The van der Waals surface area contributed by atoms with Crippen LogP contribution in [0.15, 0.2) is 30.3 Å². The number of ether oxygens (including phenoxy) is 1. The van der Waals surface area contributed by atoms with Crippen LogP contribution >= 0.6 is 0 Å². The van der Waals surface area contributed by atoms with Crippen LogP contribution in [0.1, 0.15) is 17.4 Å². The monoisotopic (exact) mass is 260 g/mol. The number of carboxylic acid groups (broad SMARTS) is 1. The van der Waals surface area contributed by atoms with Gasteiger partial charge in [-0.3, -0.25) is 0 Å². The van der Waals surface area contributed by atoms with Crippen molar-refractivity contribution in [1.29, 1.82) is 0 Å². The van der Waals surface area contributed by atoms with E-state index in [1.807, 2.05) is 31.2 Å². The third kappa shape index (κ3) is 3.00. The van der Waals surface area contributed by atoms with Gasteiger partial charge in [0.1, 0.15) is 5.82 Å². The molecule has 2 N–H and O–H groups in total. The van der Waals surface area contributed by atoms with Gasteiger partial charge >= 0.3 is 5.97 Å². The number of carboxylic acids is 1. The molecule has 2 rings (SSSR count). The molecule has 19 heavy (non-hydrogen) atoms. The topological polar surface area (TPSA) is 71.5 Å². The van der Waals surface area contributed by atoms with E-state index in [0.717, 1.165) is 10.8 Å². The van der Waals surface area contributed by atoms with Crippen LogP contribution in [0.5, 0.6) is 0 Å². The molecule has 5 heteroatoms. The van der Waals surface area contributed by atoms with Gasteiger partial charge in [0.15, 0.2) is 5.69 Å². The van der Waals surface area contributed by atoms with E-state index in [0.29, 0.717) is 12.4 Å². The summed E-state index contributed by atoms with van der Waals surface area (Å²) < 4.78 is 5.06. The van der Waals surface area contributed by atoms with E-state index in [4.69, 9.17) is 9.84 Å². The molecular weight excluding hydrogens is 244 g/mol. The third-order valence-corrected chi connectivity index (χ3v) is 2.76. The first kappa shape index (κ1) is 13.3. The van der Waals surface area contributed by atoms with Crippen LogP contribution in [-0.2, 0) is 4.74 Å². The molecule has 0 aliphatic rings. The number of anilines is 1. The van der Waals surface area contributed by atoms with Gasteiger partial charge in [0.05, 0.1) is 6.61 Å². The summed E-state index contributed by atoms with van der Waals surface area (Å²) in [6, 6.07) is 9.17. The molecule has 2 aromatic rings. The lowest BCUT2D eigenvalue weighted by Crippen LogP contribution is -2.22. The van der Waals surface area contributed by atoms with E-state index in [1.54, 1.807) is 13.2 Å². The van der Waals surface area contributed by atoms with Gasteiger partial charge in [-0.1, -0.05) is 24.3 Å². The Morgan fingerprint density at radius 2 is 2.21 bits per heavy atom. The number of aromatic nitrogens is 1. The van der Waals surface area contributed by atoms with Crippen molar-refractivity contribution < 1.29 is 14.6 Å². The van der Waals surface area contributed by atoms with Crippen LogP contribution in [0.3, 0.4) is 0 Å². The second kappa shape index (κ2) is 5.67. The third-order valence-electron chi connectivity index (χ3n) is 2.76. The highest BCUT2D eigenvalue weighted by Crippen LogP contribution is 2.23. The van der Waals surface area contributed by atoms with Crippen LogP contribution in [0.4, 0.5) is 5.82 Å². The smallest absolute Gasteiger partial charge is 0.354 e. The summed E-state index contributed by atoms with van der Waals surface area (Å²) >= 11 is 0. The zero-order valence-electron chi connectivity index (χ0n) is 10.9. The molecule has 0 aliphatic heterocycles. The number of hydrogen-bond donors (Lipinski definition) is 2. The van der Waals surface area contributed by atoms with Crippen LogP contribution < -0.4 is 5.32 Å². The van der Waals surface area contributed by atoms with Crippen LogP contribution in [-0.4, -0.2) is 35.8 Å². The fraction of sp³-hybridized carbons (Fsp3) is 0.286. The molecule has 1 aromatic heterocycles. The maximum atomic E-state index is 11.1. The Labute approximate surface area is 111 Å². The van der Waals surface area contributed by atoms with Crippen molar-refractivity contribution in [2.45, 2.75) is 13.0 Å². The maximum Gasteiger partial charge on any atom is 0.354 e. The predicted molar refractivity (Wildman–Crippen MR) is 73.7 cm³/mol. The predicted octanol–water partition coefficient (Wildman–Crippen LogP) is 2.38. The number of aromatic carboxylic acids is 1. The molecule has 5 nitrogen and oxygen atoms in total. The second-order valence-corrected chi connectivity index (χ2v) is 4.38. The number of pyridine rings is 1. The molecule has 0 radical (unpaired) electrons. The number of fused-ring (bicyclic) bond motifs is 1. The van der Waals surface area contributed by atoms with E-state index < -0.39 is 5.97 Å². The summed E-state index contributed by atoms with van der Waals surface area (Å²) in [5.41, 5.74) is 0.0332. The van der Waals surface area contributed by atoms with Gasteiger partial charge in [-0.25, -0.2) is 9.78 Å². The first-order chi connectivity index (χ1) is 9.11. The zero-order chi connectivity index (χ0) is 13.8. The lowest BCUT2D eigenvalue weighted by Gasteiger charge is -2.15. The first-order valence-corrected chi connectivity index (χ1v) is 6.00. The number of nitrogens with one attached hydrogen (secondary N) is 1. The average Bonchev–Trinajstić information content (AvgIpc) is 2.38. The molecule has 0 saturated carbocycles. The highest BCUT2D eigenvalue weighted by molar-refractivity contribution is 5.97. The summed E-state index contributed by atoms with van der Waals surface area (Å²) in [6.45, 7) is 2.47. The zero-order valence-corrected chi connectivity index (χ0v) is 10.9. The molecule has 100 valence electrons. The van der Waals surface area contributed by atoms with Crippen molar-refractivity contribution >= 4 is 22.6 Å². The van der Waals surface area contributed by atoms with Gasteiger partial charge in [0.2, 0.25) is 0 Å². The first-order valence-electron chi connectivity index (χ1n) is 6.00.